The van der Waals surface area contributed by atoms with Gasteiger partial charge in [-0.15, -0.1) is 0 Å². The van der Waals surface area contributed by atoms with Crippen molar-refractivity contribution in [2.75, 3.05) is 11.9 Å². The average Bonchev–Trinajstić information content (AvgIpc) is 2.51. The zero-order valence-electron chi connectivity index (χ0n) is 12.3. The second-order valence-electron chi connectivity index (χ2n) is 4.85. The molecule has 0 saturated carbocycles. The molecule has 2 aromatic carbocycles. The summed E-state index contributed by atoms with van der Waals surface area (Å²) in [5, 5.41) is 2.24. The number of ether oxygens (including phenoxy) is 1. The Morgan fingerprint density at radius 2 is 1.88 bits per heavy atom. The highest BCUT2D eigenvalue weighted by Crippen LogP contribution is 2.23. The quantitative estimate of drug-likeness (QED) is 0.588. The first-order chi connectivity index (χ1) is 11.3. The number of benzene rings is 2. The molecular weight excluding hydrogens is 408 g/mol. The first-order valence-electron chi connectivity index (χ1n) is 6.65. The molecule has 0 saturated heterocycles. The number of nitrogens with one attached hydrogen (secondary N) is 1. The van der Waals surface area contributed by atoms with Crippen molar-refractivity contribution in [1.82, 2.24) is 0 Å². The van der Waals surface area contributed by atoms with Crippen LogP contribution < -0.4 is 5.32 Å². The molecule has 0 unspecified atom stereocenters. The molecule has 2 aromatic rings. The monoisotopic (exact) mass is 417 g/mol. The van der Waals surface area contributed by atoms with E-state index in [1.165, 1.54) is 0 Å². The maximum Gasteiger partial charge on any atom is 0.340 e. The maximum atomic E-state index is 13.2. The Balaban J connectivity index is 1.99. The summed E-state index contributed by atoms with van der Waals surface area (Å²) >= 11 is 8.96. The van der Waals surface area contributed by atoms with Gasteiger partial charge in [-0.1, -0.05) is 17.7 Å². The molecule has 24 heavy (non-hydrogen) atoms. The van der Waals surface area contributed by atoms with Gasteiger partial charge in [0.15, 0.2) is 18.2 Å². The topological polar surface area (TPSA) is 55.4 Å². The predicted molar refractivity (Wildman–Crippen MR) is 89.2 cm³/mol. The Bertz CT molecular complexity index is 814. The average molecular weight is 419 g/mol. The maximum absolute atomic E-state index is 13.2. The molecule has 4 nitrogen and oxygen atoms in total. The van der Waals surface area contributed by atoms with E-state index in [-0.39, 0.29) is 10.6 Å². The van der Waals surface area contributed by atoms with E-state index in [0.717, 1.165) is 5.56 Å². The number of rotatable bonds is 4. The number of anilines is 1. The summed E-state index contributed by atoms with van der Waals surface area (Å²) in [6.07, 6.45) is 0. The number of carbonyl (C=O) groups excluding carboxylic acids is 2. The van der Waals surface area contributed by atoms with Gasteiger partial charge < -0.3 is 10.1 Å². The number of amides is 1. The third-order valence-electron chi connectivity index (χ3n) is 2.96. The first kappa shape index (κ1) is 18.4. The van der Waals surface area contributed by atoms with Crippen molar-refractivity contribution in [2.24, 2.45) is 0 Å². The fourth-order valence-corrected chi connectivity index (χ4v) is 2.62. The van der Waals surface area contributed by atoms with Crippen LogP contribution in [0.5, 0.6) is 0 Å². The molecule has 1 amide bonds. The molecule has 0 spiro atoms. The van der Waals surface area contributed by atoms with E-state index in [9.17, 15) is 18.4 Å². The third kappa shape index (κ3) is 4.52. The minimum Gasteiger partial charge on any atom is -0.452 e. The van der Waals surface area contributed by atoms with Crippen molar-refractivity contribution >= 4 is 45.1 Å². The van der Waals surface area contributed by atoms with Gasteiger partial charge in [-0.2, -0.15) is 0 Å². The molecule has 0 aliphatic heterocycles. The highest BCUT2D eigenvalue weighted by molar-refractivity contribution is 9.10. The lowest BCUT2D eigenvalue weighted by atomic mass is 10.2. The van der Waals surface area contributed by atoms with E-state index in [0.29, 0.717) is 22.3 Å². The number of esters is 1. The number of carbonyl (C=O) groups is 2. The standard InChI is InChI=1S/C16H11BrClF2NO3/c1-8-2-3-14(10(17)4-8)21-15(22)7-24-16(23)9-5-12(19)13(20)6-11(9)18/h2-6H,7H2,1H3,(H,21,22). The van der Waals surface area contributed by atoms with Crippen LogP contribution >= 0.6 is 27.5 Å². The van der Waals surface area contributed by atoms with Crippen LogP contribution in [0.15, 0.2) is 34.8 Å². The van der Waals surface area contributed by atoms with E-state index in [4.69, 9.17) is 16.3 Å². The normalized spacial score (nSPS) is 10.4. The van der Waals surface area contributed by atoms with Gasteiger partial charge in [0.1, 0.15) is 0 Å². The van der Waals surface area contributed by atoms with Gasteiger partial charge in [0.25, 0.3) is 5.91 Å². The van der Waals surface area contributed by atoms with Crippen LogP contribution in [0.25, 0.3) is 0 Å². The molecule has 0 aliphatic carbocycles. The van der Waals surface area contributed by atoms with E-state index in [2.05, 4.69) is 21.2 Å². The molecule has 2 rings (SSSR count). The fourth-order valence-electron chi connectivity index (χ4n) is 1.80. The largest absolute Gasteiger partial charge is 0.452 e. The van der Waals surface area contributed by atoms with Crippen LogP contribution in [0, 0.1) is 18.6 Å². The van der Waals surface area contributed by atoms with Crippen LogP contribution in [0.3, 0.4) is 0 Å². The van der Waals surface area contributed by atoms with E-state index in [1.807, 2.05) is 13.0 Å². The van der Waals surface area contributed by atoms with Gasteiger partial charge in [-0.25, -0.2) is 13.6 Å². The van der Waals surface area contributed by atoms with Crippen LogP contribution in [0.1, 0.15) is 15.9 Å². The summed E-state index contributed by atoms with van der Waals surface area (Å²) in [5.74, 6) is -4.04. The number of hydrogen-bond donors (Lipinski definition) is 1. The number of aryl methyl sites for hydroxylation is 1. The van der Waals surface area contributed by atoms with Crippen molar-refractivity contribution < 1.29 is 23.1 Å². The minimum atomic E-state index is -1.24. The van der Waals surface area contributed by atoms with Gasteiger partial charge in [-0.3, -0.25) is 4.79 Å². The molecule has 0 fully saturated rings. The summed E-state index contributed by atoms with van der Waals surface area (Å²) in [6.45, 7) is 1.29. The molecule has 126 valence electrons. The van der Waals surface area contributed by atoms with Crippen LogP contribution in [0.4, 0.5) is 14.5 Å². The lowest BCUT2D eigenvalue weighted by Crippen LogP contribution is -2.21. The molecule has 0 bridgehead atoms. The van der Waals surface area contributed by atoms with E-state index >= 15 is 0 Å². The summed E-state index contributed by atoms with van der Waals surface area (Å²) < 4.78 is 31.6. The molecule has 0 radical (unpaired) electrons. The van der Waals surface area contributed by atoms with Crippen molar-refractivity contribution in [3.63, 3.8) is 0 Å². The highest BCUT2D eigenvalue weighted by Gasteiger charge is 2.17. The molecular formula is C16H11BrClF2NO3. The highest BCUT2D eigenvalue weighted by atomic mass is 79.9. The smallest absolute Gasteiger partial charge is 0.340 e. The summed E-state index contributed by atoms with van der Waals surface area (Å²) in [6, 6.07) is 6.58. The molecule has 0 aliphatic rings. The lowest BCUT2D eigenvalue weighted by Gasteiger charge is -2.09. The Labute approximate surface area is 149 Å². The minimum absolute atomic E-state index is 0.305. The van der Waals surface area contributed by atoms with Gasteiger partial charge in [-0.05, 0) is 52.7 Å². The van der Waals surface area contributed by atoms with Crippen LogP contribution in [0.2, 0.25) is 5.02 Å². The zero-order chi connectivity index (χ0) is 17.9. The van der Waals surface area contributed by atoms with Gasteiger partial charge in [0.2, 0.25) is 0 Å². The predicted octanol–water partition coefficient (Wildman–Crippen LogP) is 4.48. The van der Waals surface area contributed by atoms with Gasteiger partial charge in [0.05, 0.1) is 16.3 Å². The van der Waals surface area contributed by atoms with Crippen molar-refractivity contribution in [2.45, 2.75) is 6.92 Å². The summed E-state index contributed by atoms with van der Waals surface area (Å²) in [5.41, 5.74) is 1.15. The number of hydrogen-bond acceptors (Lipinski definition) is 3. The van der Waals surface area contributed by atoms with Crippen LogP contribution in [-0.4, -0.2) is 18.5 Å². The molecule has 1 N–H and O–H groups in total. The lowest BCUT2D eigenvalue weighted by molar-refractivity contribution is -0.119. The van der Waals surface area contributed by atoms with E-state index < -0.39 is 30.1 Å². The van der Waals surface area contributed by atoms with Crippen molar-refractivity contribution in [3.8, 4) is 0 Å². The van der Waals surface area contributed by atoms with Crippen molar-refractivity contribution in [3.05, 3.63) is 62.6 Å². The van der Waals surface area contributed by atoms with E-state index in [1.54, 1.807) is 12.1 Å². The Hall–Kier alpha value is -1.99. The zero-order valence-corrected chi connectivity index (χ0v) is 14.7. The molecule has 0 atom stereocenters. The van der Waals surface area contributed by atoms with Crippen LogP contribution in [-0.2, 0) is 9.53 Å². The SMILES string of the molecule is Cc1ccc(NC(=O)COC(=O)c2cc(F)c(F)cc2Cl)c(Br)c1. The molecule has 0 heterocycles. The fraction of sp³-hybridized carbons (Fsp3) is 0.125. The molecule has 8 heteroatoms. The summed E-state index contributed by atoms with van der Waals surface area (Å²) in [7, 11) is 0. The Morgan fingerprint density at radius 3 is 2.54 bits per heavy atom. The van der Waals surface area contributed by atoms with Gasteiger partial charge in [0, 0.05) is 4.47 Å². The first-order valence-corrected chi connectivity index (χ1v) is 7.82. The summed E-state index contributed by atoms with van der Waals surface area (Å²) in [4.78, 5) is 23.6. The third-order valence-corrected chi connectivity index (χ3v) is 3.93. The Kier molecular flexibility index (Phi) is 5.90. The molecule has 0 aromatic heterocycles. The number of halogens is 4. The Morgan fingerprint density at radius 1 is 1.21 bits per heavy atom. The second kappa shape index (κ2) is 7.72. The van der Waals surface area contributed by atoms with Gasteiger partial charge >= 0.3 is 5.97 Å². The second-order valence-corrected chi connectivity index (χ2v) is 6.12. The van der Waals surface area contributed by atoms with Crippen molar-refractivity contribution in [1.29, 1.82) is 0 Å².